The summed E-state index contributed by atoms with van der Waals surface area (Å²) in [5.74, 6) is 0.809. The molecular weight excluding hydrogens is 458 g/mol. The average molecular weight is 492 g/mol. The van der Waals surface area contributed by atoms with Gasteiger partial charge in [-0.25, -0.2) is 4.98 Å². The van der Waals surface area contributed by atoms with Gasteiger partial charge in [0.25, 0.3) is 0 Å². The number of para-hydroxylation sites is 1. The number of aliphatic hydroxyl groups is 1. The van der Waals surface area contributed by atoms with Crippen molar-refractivity contribution in [2.45, 2.75) is 0 Å². The lowest BCUT2D eigenvalue weighted by atomic mass is 10.2. The number of aliphatic hydroxyl groups excluding tert-OH is 1. The van der Waals surface area contributed by atoms with E-state index in [1.165, 1.54) is 4.70 Å². The number of hydrogen-bond acceptors (Lipinski definition) is 9. The summed E-state index contributed by atoms with van der Waals surface area (Å²) in [6, 6.07) is 16.1. The van der Waals surface area contributed by atoms with Crippen LogP contribution < -0.4 is 4.74 Å². The van der Waals surface area contributed by atoms with Crippen molar-refractivity contribution < 1.29 is 33.5 Å². The first-order valence-electron chi connectivity index (χ1n) is 11.4. The lowest BCUT2D eigenvalue weighted by molar-refractivity contribution is -0.0146. The van der Waals surface area contributed by atoms with Crippen LogP contribution in [0.25, 0.3) is 20.8 Å². The van der Waals surface area contributed by atoms with Crippen LogP contribution in [0.3, 0.4) is 0 Å². The smallest absolute Gasteiger partial charge is 0.124 e. The molecule has 2 aromatic carbocycles. The van der Waals surface area contributed by atoms with Crippen LogP contribution >= 0.6 is 11.3 Å². The Morgan fingerprint density at radius 1 is 0.618 bits per heavy atom. The number of thiazole rings is 1. The third-order valence-corrected chi connectivity index (χ3v) is 5.70. The normalized spacial score (nSPS) is 11.3. The number of nitrogens with zero attached hydrogens (tertiary/aromatic N) is 1. The van der Waals surface area contributed by atoms with Gasteiger partial charge in [-0.3, -0.25) is 0 Å². The van der Waals surface area contributed by atoms with Crippen molar-refractivity contribution in [1.29, 1.82) is 0 Å². The first-order valence-corrected chi connectivity index (χ1v) is 12.3. The Bertz CT molecular complexity index is 886. The molecule has 0 bridgehead atoms. The molecule has 0 aliphatic carbocycles. The maximum Gasteiger partial charge on any atom is 0.124 e. The Morgan fingerprint density at radius 2 is 1.15 bits per heavy atom. The highest BCUT2D eigenvalue weighted by molar-refractivity contribution is 7.21. The molecule has 1 aromatic heterocycles. The minimum atomic E-state index is 0.0311. The number of ether oxygens (including phenoxy) is 6. The van der Waals surface area contributed by atoms with E-state index < -0.39 is 0 Å². The number of benzene rings is 2. The van der Waals surface area contributed by atoms with Gasteiger partial charge >= 0.3 is 0 Å². The minimum absolute atomic E-state index is 0.0311. The number of fused-ring (bicyclic) bond motifs is 1. The second kappa shape index (κ2) is 16.5. The minimum Gasteiger partial charge on any atom is -0.491 e. The maximum absolute atomic E-state index is 8.57. The predicted octanol–water partition coefficient (Wildman–Crippen LogP) is 3.42. The van der Waals surface area contributed by atoms with E-state index in [0.29, 0.717) is 72.7 Å². The van der Waals surface area contributed by atoms with Crippen LogP contribution in [0.1, 0.15) is 0 Å². The monoisotopic (exact) mass is 491 g/mol. The Kier molecular flexibility index (Phi) is 12.9. The van der Waals surface area contributed by atoms with Gasteiger partial charge in [0.15, 0.2) is 0 Å². The van der Waals surface area contributed by atoms with Crippen molar-refractivity contribution in [3.8, 4) is 16.3 Å². The predicted molar refractivity (Wildman–Crippen MR) is 132 cm³/mol. The van der Waals surface area contributed by atoms with Crippen molar-refractivity contribution in [3.63, 3.8) is 0 Å². The molecule has 0 fully saturated rings. The molecule has 0 aliphatic rings. The highest BCUT2D eigenvalue weighted by atomic mass is 32.1. The molecule has 3 aromatic rings. The Labute approximate surface area is 204 Å². The van der Waals surface area contributed by atoms with Crippen LogP contribution in [0.15, 0.2) is 48.5 Å². The van der Waals surface area contributed by atoms with Gasteiger partial charge in [0.2, 0.25) is 0 Å². The second-order valence-electron chi connectivity index (χ2n) is 7.15. The second-order valence-corrected chi connectivity index (χ2v) is 8.18. The zero-order valence-corrected chi connectivity index (χ0v) is 20.2. The van der Waals surface area contributed by atoms with E-state index in [0.717, 1.165) is 21.8 Å². The molecule has 3 rings (SSSR count). The summed E-state index contributed by atoms with van der Waals surface area (Å²) >= 11 is 1.69. The Morgan fingerprint density at radius 3 is 1.71 bits per heavy atom. The van der Waals surface area contributed by atoms with Crippen molar-refractivity contribution in [2.75, 3.05) is 79.3 Å². The van der Waals surface area contributed by atoms with Crippen molar-refractivity contribution >= 4 is 21.6 Å². The van der Waals surface area contributed by atoms with E-state index in [-0.39, 0.29) is 6.61 Å². The van der Waals surface area contributed by atoms with Gasteiger partial charge in [-0.2, -0.15) is 0 Å². The molecule has 0 saturated carbocycles. The standard InChI is InChI=1S/C25H33NO7S/c27-9-10-28-11-12-29-13-14-30-15-16-31-17-18-32-19-20-33-22-7-5-21(6-8-22)25-26-23-3-1-2-4-24(23)34-25/h1-8,27H,9-20H2. The fraction of sp³-hybridized carbons (Fsp3) is 0.480. The van der Waals surface area contributed by atoms with E-state index in [1.807, 2.05) is 42.5 Å². The van der Waals surface area contributed by atoms with Gasteiger partial charge in [-0.1, -0.05) is 12.1 Å². The van der Waals surface area contributed by atoms with Crippen LogP contribution in [0, 0.1) is 0 Å². The molecule has 0 atom stereocenters. The van der Waals surface area contributed by atoms with Crippen molar-refractivity contribution in [3.05, 3.63) is 48.5 Å². The summed E-state index contributed by atoms with van der Waals surface area (Å²) in [6.45, 7) is 5.40. The molecular formula is C25H33NO7S. The van der Waals surface area contributed by atoms with E-state index >= 15 is 0 Å². The molecule has 0 aliphatic heterocycles. The van der Waals surface area contributed by atoms with E-state index in [9.17, 15) is 0 Å². The van der Waals surface area contributed by atoms with Gasteiger partial charge in [0, 0.05) is 5.56 Å². The fourth-order valence-corrected chi connectivity index (χ4v) is 3.93. The first-order chi connectivity index (χ1) is 16.9. The lowest BCUT2D eigenvalue weighted by Crippen LogP contribution is -2.14. The van der Waals surface area contributed by atoms with Crippen LogP contribution in [0.5, 0.6) is 5.75 Å². The molecule has 1 N–H and O–H groups in total. The summed E-state index contributed by atoms with van der Waals surface area (Å²) in [5, 5.41) is 9.58. The van der Waals surface area contributed by atoms with E-state index in [4.69, 9.17) is 33.5 Å². The molecule has 0 amide bonds. The quantitative estimate of drug-likeness (QED) is 0.255. The van der Waals surface area contributed by atoms with Crippen LogP contribution in [-0.2, 0) is 23.7 Å². The molecule has 186 valence electrons. The zero-order chi connectivity index (χ0) is 23.7. The highest BCUT2D eigenvalue weighted by Crippen LogP contribution is 2.30. The molecule has 0 radical (unpaired) electrons. The maximum atomic E-state index is 8.57. The molecule has 0 unspecified atom stereocenters. The van der Waals surface area contributed by atoms with Gasteiger partial charge in [0.1, 0.15) is 17.4 Å². The molecule has 34 heavy (non-hydrogen) atoms. The largest absolute Gasteiger partial charge is 0.491 e. The lowest BCUT2D eigenvalue weighted by Gasteiger charge is -2.09. The summed E-state index contributed by atoms with van der Waals surface area (Å²) in [4.78, 5) is 4.68. The SMILES string of the molecule is OCCOCCOCCOCCOCCOCCOc1ccc(-c2nc3ccccc3s2)cc1. The summed E-state index contributed by atoms with van der Waals surface area (Å²) in [7, 11) is 0. The average Bonchev–Trinajstić information content (AvgIpc) is 3.31. The summed E-state index contributed by atoms with van der Waals surface area (Å²) < 4.78 is 33.8. The van der Waals surface area contributed by atoms with Gasteiger partial charge in [-0.15, -0.1) is 11.3 Å². The van der Waals surface area contributed by atoms with E-state index in [2.05, 4.69) is 11.1 Å². The molecule has 8 nitrogen and oxygen atoms in total. The summed E-state index contributed by atoms with van der Waals surface area (Å²) in [6.07, 6.45) is 0. The van der Waals surface area contributed by atoms with Crippen molar-refractivity contribution in [2.24, 2.45) is 0 Å². The molecule has 0 saturated heterocycles. The molecule has 1 heterocycles. The van der Waals surface area contributed by atoms with Crippen LogP contribution in [0.4, 0.5) is 0 Å². The zero-order valence-electron chi connectivity index (χ0n) is 19.4. The van der Waals surface area contributed by atoms with Gasteiger partial charge < -0.3 is 33.5 Å². The van der Waals surface area contributed by atoms with Crippen molar-refractivity contribution in [1.82, 2.24) is 4.98 Å². The Balaban J connectivity index is 1.14. The third kappa shape index (κ3) is 10.0. The van der Waals surface area contributed by atoms with Crippen LogP contribution in [-0.4, -0.2) is 89.4 Å². The first kappa shape index (κ1) is 26.5. The topological polar surface area (TPSA) is 88.5 Å². The third-order valence-electron chi connectivity index (χ3n) is 4.62. The van der Waals surface area contributed by atoms with Crippen LogP contribution in [0.2, 0.25) is 0 Å². The van der Waals surface area contributed by atoms with Gasteiger partial charge in [-0.05, 0) is 36.4 Å². The highest BCUT2D eigenvalue weighted by Gasteiger charge is 2.06. The fourth-order valence-electron chi connectivity index (χ4n) is 2.95. The number of rotatable bonds is 19. The van der Waals surface area contributed by atoms with E-state index in [1.54, 1.807) is 11.3 Å². The van der Waals surface area contributed by atoms with Gasteiger partial charge in [0.05, 0.1) is 82.9 Å². The summed E-state index contributed by atoms with van der Waals surface area (Å²) in [5.41, 5.74) is 2.11. The molecule has 9 heteroatoms. The number of hydrogen-bond donors (Lipinski definition) is 1. The Hall–Kier alpha value is -2.11. The molecule has 0 spiro atoms. The number of aromatic nitrogens is 1.